The van der Waals surface area contributed by atoms with Crippen LogP contribution in [0.25, 0.3) is 11.1 Å². The summed E-state index contributed by atoms with van der Waals surface area (Å²) in [7, 11) is 4.30. The number of carbonyl (C=O) groups is 4. The van der Waals surface area contributed by atoms with Gasteiger partial charge in [-0.15, -0.1) is 0 Å². The van der Waals surface area contributed by atoms with E-state index in [-0.39, 0.29) is 43.1 Å². The van der Waals surface area contributed by atoms with E-state index in [1.807, 2.05) is 72.5 Å². The first kappa shape index (κ1) is 31.7. The van der Waals surface area contributed by atoms with Gasteiger partial charge in [0.1, 0.15) is 6.54 Å². The van der Waals surface area contributed by atoms with Crippen LogP contribution in [-0.2, 0) is 9.59 Å². The van der Waals surface area contributed by atoms with E-state index in [2.05, 4.69) is 19.4 Å². The van der Waals surface area contributed by atoms with Crippen LogP contribution in [-0.4, -0.2) is 86.4 Å². The highest BCUT2D eigenvalue weighted by Gasteiger charge is 2.33. The molecule has 2 heterocycles. The third-order valence-electron chi connectivity index (χ3n) is 9.08. The highest BCUT2D eigenvalue weighted by molar-refractivity contribution is 6.12. The van der Waals surface area contributed by atoms with Crippen LogP contribution in [0.15, 0.2) is 97.1 Å². The van der Waals surface area contributed by atoms with Gasteiger partial charge in [0.25, 0.3) is 11.8 Å². The zero-order valence-corrected chi connectivity index (χ0v) is 27.1. The van der Waals surface area contributed by atoms with Crippen molar-refractivity contribution in [2.24, 2.45) is 0 Å². The van der Waals surface area contributed by atoms with Crippen LogP contribution in [0.4, 0.5) is 17.1 Å². The number of aryl methyl sites for hydroxylation is 1. The average Bonchev–Trinajstić information content (AvgIpc) is 3.21. The number of hydrogen-bond acceptors (Lipinski definition) is 4. The summed E-state index contributed by atoms with van der Waals surface area (Å²) in [6.45, 7) is 5.17. The largest absolute Gasteiger partial charge is 0.330 e. The number of piperazine rings is 1. The molecule has 9 heteroatoms. The van der Waals surface area contributed by atoms with Crippen LogP contribution in [0.2, 0.25) is 0 Å². The van der Waals surface area contributed by atoms with Crippen molar-refractivity contribution in [3.8, 4) is 11.1 Å². The first-order valence-electron chi connectivity index (χ1n) is 16.0. The van der Waals surface area contributed by atoms with Crippen LogP contribution in [0.1, 0.15) is 32.7 Å². The molecule has 2 aliphatic heterocycles. The lowest BCUT2D eigenvalue weighted by molar-refractivity contribution is -0.894. The van der Waals surface area contributed by atoms with E-state index in [9.17, 15) is 19.2 Å². The lowest BCUT2D eigenvalue weighted by Gasteiger charge is -2.39. The number of fused-ring (bicyclic) bond motifs is 1. The fourth-order valence-corrected chi connectivity index (χ4v) is 6.11. The maximum Gasteiger partial charge on any atom is 0.258 e. The van der Waals surface area contributed by atoms with Gasteiger partial charge >= 0.3 is 0 Å². The molecule has 0 atom stereocenters. The highest BCUT2D eigenvalue weighted by Crippen LogP contribution is 2.34. The summed E-state index contributed by atoms with van der Waals surface area (Å²) in [5.74, 6) is -0.802. The van der Waals surface area contributed by atoms with Gasteiger partial charge in [-0.2, -0.15) is 0 Å². The van der Waals surface area contributed by atoms with E-state index in [4.69, 9.17) is 0 Å². The van der Waals surface area contributed by atoms with Gasteiger partial charge in [-0.05, 0) is 60.5 Å². The Kier molecular flexibility index (Phi) is 8.91. The Bertz CT molecular complexity index is 1810. The van der Waals surface area contributed by atoms with Crippen LogP contribution >= 0.6 is 0 Å². The second-order valence-corrected chi connectivity index (χ2v) is 12.9. The van der Waals surface area contributed by atoms with E-state index in [1.54, 1.807) is 41.3 Å². The predicted octanol–water partition coefficient (Wildman–Crippen LogP) is 5.22. The third kappa shape index (κ3) is 6.95. The first-order chi connectivity index (χ1) is 22.6. The normalized spacial score (nSPS) is 15.9. The van der Waals surface area contributed by atoms with Crippen molar-refractivity contribution in [1.29, 1.82) is 0 Å². The van der Waals surface area contributed by atoms with Crippen LogP contribution < -0.4 is 15.1 Å². The predicted molar refractivity (Wildman–Crippen MR) is 185 cm³/mol. The molecule has 0 radical (unpaired) electrons. The summed E-state index contributed by atoms with van der Waals surface area (Å²) in [6.07, 6.45) is 0.0894. The molecule has 0 aromatic heterocycles. The number of anilines is 3. The minimum atomic E-state index is -0.267. The fourth-order valence-electron chi connectivity index (χ4n) is 6.11. The molecule has 4 aromatic rings. The van der Waals surface area contributed by atoms with E-state index in [0.717, 1.165) is 34.3 Å². The lowest BCUT2D eigenvalue weighted by Crippen LogP contribution is -2.57. The van der Waals surface area contributed by atoms with Crippen LogP contribution in [0, 0.1) is 6.92 Å². The Morgan fingerprint density at radius 3 is 2.11 bits per heavy atom. The van der Waals surface area contributed by atoms with Gasteiger partial charge in [-0.3, -0.25) is 19.2 Å². The van der Waals surface area contributed by atoms with Gasteiger partial charge < -0.3 is 24.5 Å². The third-order valence-corrected chi connectivity index (χ3v) is 9.08. The second-order valence-electron chi connectivity index (χ2n) is 12.9. The summed E-state index contributed by atoms with van der Waals surface area (Å²) >= 11 is 0. The zero-order valence-electron chi connectivity index (χ0n) is 27.1. The van der Waals surface area contributed by atoms with Crippen LogP contribution in [0.3, 0.4) is 0 Å². The number of carbonyl (C=O) groups excluding carboxylic acids is 4. The van der Waals surface area contributed by atoms with Crippen molar-refractivity contribution in [3.05, 3.63) is 114 Å². The molecule has 6 rings (SSSR count). The van der Waals surface area contributed by atoms with Crippen molar-refractivity contribution in [1.82, 2.24) is 4.90 Å². The molecule has 0 bridgehead atoms. The molecule has 1 N–H and O–H groups in total. The summed E-state index contributed by atoms with van der Waals surface area (Å²) in [4.78, 5) is 58.8. The van der Waals surface area contributed by atoms with Gasteiger partial charge in [-0.25, -0.2) is 0 Å². The smallest absolute Gasteiger partial charge is 0.258 e. The molecular weight excluding hydrogens is 590 g/mol. The minimum Gasteiger partial charge on any atom is -0.330 e. The average molecular weight is 631 g/mol. The molecular formula is C38H40N5O4+. The van der Waals surface area contributed by atoms with Crippen molar-refractivity contribution in [2.75, 3.05) is 68.5 Å². The van der Waals surface area contributed by atoms with Gasteiger partial charge in [0.2, 0.25) is 11.8 Å². The Morgan fingerprint density at radius 1 is 0.766 bits per heavy atom. The number of quaternary nitrogens is 1. The number of nitrogens with one attached hydrogen (secondary N) is 1. The molecule has 0 spiro atoms. The summed E-state index contributed by atoms with van der Waals surface area (Å²) in [5.41, 5.74) is 5.58. The number of para-hydroxylation sites is 2. The maximum absolute atomic E-state index is 13.9. The van der Waals surface area contributed by atoms with Gasteiger partial charge in [-0.1, -0.05) is 60.2 Å². The van der Waals surface area contributed by atoms with Crippen molar-refractivity contribution in [2.45, 2.75) is 13.3 Å². The molecule has 0 saturated carbocycles. The number of likely N-dealkylation sites (N-methyl/N-ethyl adjacent to an activating group) is 1. The first-order valence-corrected chi connectivity index (χ1v) is 16.0. The monoisotopic (exact) mass is 630 g/mol. The number of benzene rings is 4. The summed E-state index contributed by atoms with van der Waals surface area (Å²) in [5, 5.41) is 2.96. The van der Waals surface area contributed by atoms with Crippen molar-refractivity contribution >= 4 is 40.7 Å². The van der Waals surface area contributed by atoms with Gasteiger partial charge in [0, 0.05) is 29.8 Å². The Labute approximate surface area is 275 Å². The molecule has 47 heavy (non-hydrogen) atoms. The summed E-state index contributed by atoms with van der Waals surface area (Å²) < 4.78 is 0.863. The molecule has 9 nitrogen and oxygen atoms in total. The van der Waals surface area contributed by atoms with E-state index >= 15 is 0 Å². The van der Waals surface area contributed by atoms with Crippen molar-refractivity contribution in [3.63, 3.8) is 0 Å². The molecule has 0 aliphatic carbocycles. The second kappa shape index (κ2) is 13.2. The van der Waals surface area contributed by atoms with Gasteiger partial charge in [0.05, 0.1) is 51.6 Å². The molecule has 1 fully saturated rings. The minimum absolute atomic E-state index is 0.0628. The topological polar surface area (TPSA) is 90.0 Å². The molecule has 240 valence electrons. The quantitative estimate of drug-likeness (QED) is 0.296. The molecule has 0 unspecified atom stereocenters. The Balaban J connectivity index is 1.17. The zero-order chi connectivity index (χ0) is 33.1. The lowest BCUT2D eigenvalue weighted by atomic mass is 9.98. The fraction of sp³-hybridized carbons (Fsp3) is 0.263. The molecule has 4 amide bonds. The molecule has 1 saturated heterocycles. The highest BCUT2D eigenvalue weighted by atomic mass is 16.2. The molecule has 4 aromatic carbocycles. The van der Waals surface area contributed by atoms with E-state index in [1.165, 1.54) is 4.90 Å². The Morgan fingerprint density at radius 2 is 1.40 bits per heavy atom. The number of nitrogens with zero attached hydrogens (tertiary/aromatic N) is 4. The number of rotatable bonds is 6. The van der Waals surface area contributed by atoms with Gasteiger partial charge in [0.15, 0.2) is 0 Å². The molecule has 2 aliphatic rings. The number of hydrogen-bond donors (Lipinski definition) is 1. The standard InChI is InChI=1S/C38H39N5O4/c1-27-12-14-28(15-13-27)31-8-4-5-9-32(31)37(46)39-30-18-16-29(17-19-30)38(47)41-21-20-35(44)42(34-11-7-6-10-33(34)41)26-36(45)40-22-24-43(2,3)25-23-40/h4-19H,20-26H2,1-3H3/p+1. The van der Waals surface area contributed by atoms with E-state index < -0.39 is 0 Å². The van der Waals surface area contributed by atoms with Crippen LogP contribution in [0.5, 0.6) is 0 Å². The van der Waals surface area contributed by atoms with E-state index in [0.29, 0.717) is 41.3 Å². The SMILES string of the molecule is Cc1ccc(-c2ccccc2C(=O)Nc2ccc(C(=O)N3CCC(=O)N(CC(=O)N4CC[N+](C)(C)CC4)c4ccccc43)cc2)cc1. The number of amides is 4. The maximum atomic E-state index is 13.9. The Hall–Kier alpha value is -5.28. The summed E-state index contributed by atoms with van der Waals surface area (Å²) in [6, 6.07) is 29.5. The van der Waals surface area contributed by atoms with Crippen molar-refractivity contribution < 1.29 is 23.7 Å².